The van der Waals surface area contributed by atoms with Crippen molar-refractivity contribution in [1.82, 2.24) is 4.90 Å². The molecule has 1 atom stereocenters. The molecule has 0 aromatic carbocycles. The molecule has 2 nitrogen and oxygen atoms in total. The molecule has 0 saturated carbocycles. The lowest BCUT2D eigenvalue weighted by molar-refractivity contribution is 0.271. The molecule has 0 aliphatic carbocycles. The van der Waals surface area contributed by atoms with Crippen molar-refractivity contribution >= 4 is 0 Å². The second kappa shape index (κ2) is 2.13. The van der Waals surface area contributed by atoms with Gasteiger partial charge in [-0.1, -0.05) is 0 Å². The Labute approximate surface area is 55.1 Å². The van der Waals surface area contributed by atoms with Crippen molar-refractivity contribution < 1.29 is 5.11 Å². The third-order valence-corrected chi connectivity index (χ3v) is 1.63. The summed E-state index contributed by atoms with van der Waals surface area (Å²) in [6, 6.07) is 0.134. The molecule has 0 fully saturated rings. The normalized spacial score (nSPS) is 26.2. The summed E-state index contributed by atoms with van der Waals surface area (Å²) < 4.78 is 0. The lowest BCUT2D eigenvalue weighted by atomic mass is 10.2. The minimum Gasteiger partial charge on any atom is -0.510 e. The topological polar surface area (TPSA) is 23.5 Å². The zero-order valence-electron chi connectivity index (χ0n) is 5.70. The Kier molecular flexibility index (Phi) is 1.47. The third-order valence-electron chi connectivity index (χ3n) is 1.63. The standard InChI is InChI=1S/C7H11NO/c1-6-7(9)4-3-5-8(6)2/h3-6,9H,1-2H3. The van der Waals surface area contributed by atoms with Crippen LogP contribution in [0.4, 0.5) is 0 Å². The molecule has 0 spiro atoms. The SMILES string of the molecule is CC1C(O)=CC=CN1C. The lowest BCUT2D eigenvalue weighted by Gasteiger charge is -2.24. The molecule has 2 heteroatoms. The average Bonchev–Trinajstić information content (AvgIpc) is 1.83. The molecule has 0 saturated heterocycles. The molecule has 1 N–H and O–H groups in total. The fourth-order valence-electron chi connectivity index (χ4n) is 0.754. The monoisotopic (exact) mass is 125 g/mol. The number of allylic oxidation sites excluding steroid dienone is 2. The van der Waals surface area contributed by atoms with Crippen LogP contribution in [0.3, 0.4) is 0 Å². The summed E-state index contributed by atoms with van der Waals surface area (Å²) in [5.74, 6) is 0.431. The molecule has 0 aromatic heterocycles. The Morgan fingerprint density at radius 1 is 1.67 bits per heavy atom. The van der Waals surface area contributed by atoms with E-state index in [9.17, 15) is 0 Å². The van der Waals surface area contributed by atoms with Gasteiger partial charge in [-0.15, -0.1) is 0 Å². The summed E-state index contributed by atoms with van der Waals surface area (Å²) in [5, 5.41) is 9.12. The van der Waals surface area contributed by atoms with Crippen LogP contribution in [-0.2, 0) is 0 Å². The smallest absolute Gasteiger partial charge is 0.114 e. The minimum absolute atomic E-state index is 0.134. The second-order valence-corrected chi connectivity index (χ2v) is 2.27. The molecule has 50 valence electrons. The molecule has 1 aliphatic rings. The van der Waals surface area contributed by atoms with Crippen LogP contribution in [0, 0.1) is 0 Å². The first-order valence-electron chi connectivity index (χ1n) is 3.01. The lowest BCUT2D eigenvalue weighted by Crippen LogP contribution is -2.27. The van der Waals surface area contributed by atoms with Crippen LogP contribution < -0.4 is 0 Å². The third kappa shape index (κ3) is 1.07. The summed E-state index contributed by atoms with van der Waals surface area (Å²) in [5.41, 5.74) is 0. The first-order valence-corrected chi connectivity index (χ1v) is 3.01. The van der Waals surface area contributed by atoms with Crippen LogP contribution in [0.2, 0.25) is 0 Å². The van der Waals surface area contributed by atoms with Gasteiger partial charge in [0.15, 0.2) is 0 Å². The number of likely N-dealkylation sites (N-methyl/N-ethyl adjacent to an activating group) is 1. The number of nitrogens with zero attached hydrogens (tertiary/aromatic N) is 1. The molecular weight excluding hydrogens is 114 g/mol. The van der Waals surface area contributed by atoms with Crippen LogP contribution in [0.1, 0.15) is 6.92 Å². The Bertz CT molecular complexity index is 160. The fourth-order valence-corrected chi connectivity index (χ4v) is 0.754. The summed E-state index contributed by atoms with van der Waals surface area (Å²) in [6.07, 6.45) is 5.48. The Balaban J connectivity index is 2.73. The highest BCUT2D eigenvalue weighted by Gasteiger charge is 2.11. The molecule has 0 amide bonds. The average molecular weight is 125 g/mol. The van der Waals surface area contributed by atoms with Gasteiger partial charge in [-0.2, -0.15) is 0 Å². The number of hydrogen-bond donors (Lipinski definition) is 1. The van der Waals surface area contributed by atoms with E-state index in [4.69, 9.17) is 5.11 Å². The van der Waals surface area contributed by atoms with Crippen LogP contribution in [0.15, 0.2) is 24.1 Å². The van der Waals surface area contributed by atoms with Gasteiger partial charge < -0.3 is 10.0 Å². The van der Waals surface area contributed by atoms with Gasteiger partial charge in [0.25, 0.3) is 0 Å². The van der Waals surface area contributed by atoms with Gasteiger partial charge in [0.05, 0.1) is 6.04 Å². The van der Waals surface area contributed by atoms with Crippen LogP contribution >= 0.6 is 0 Å². The number of rotatable bonds is 0. The van der Waals surface area contributed by atoms with E-state index in [0.29, 0.717) is 5.76 Å². The van der Waals surface area contributed by atoms with E-state index in [1.165, 1.54) is 0 Å². The van der Waals surface area contributed by atoms with E-state index in [-0.39, 0.29) is 6.04 Å². The second-order valence-electron chi connectivity index (χ2n) is 2.27. The maximum absolute atomic E-state index is 9.12. The predicted molar refractivity (Wildman–Crippen MR) is 37.1 cm³/mol. The van der Waals surface area contributed by atoms with Crippen molar-refractivity contribution in [2.75, 3.05) is 7.05 Å². The summed E-state index contributed by atoms with van der Waals surface area (Å²) >= 11 is 0. The van der Waals surface area contributed by atoms with E-state index >= 15 is 0 Å². The highest BCUT2D eigenvalue weighted by Crippen LogP contribution is 2.10. The fraction of sp³-hybridized carbons (Fsp3) is 0.429. The molecule has 1 aliphatic heterocycles. The minimum atomic E-state index is 0.134. The maximum Gasteiger partial charge on any atom is 0.114 e. The maximum atomic E-state index is 9.12. The van der Waals surface area contributed by atoms with Crippen LogP contribution in [0.5, 0.6) is 0 Å². The molecule has 1 rings (SSSR count). The molecule has 1 unspecified atom stereocenters. The summed E-state index contributed by atoms with van der Waals surface area (Å²) in [4.78, 5) is 1.95. The van der Waals surface area contributed by atoms with Crippen LogP contribution in [0.25, 0.3) is 0 Å². The van der Waals surface area contributed by atoms with Crippen LogP contribution in [-0.4, -0.2) is 23.1 Å². The number of aliphatic hydroxyl groups excluding tert-OH is 1. The van der Waals surface area contributed by atoms with E-state index in [1.807, 2.05) is 31.1 Å². The summed E-state index contributed by atoms with van der Waals surface area (Å²) in [7, 11) is 1.93. The van der Waals surface area contributed by atoms with E-state index in [0.717, 1.165) is 0 Å². The van der Waals surface area contributed by atoms with Crippen molar-refractivity contribution in [3.05, 3.63) is 24.1 Å². The van der Waals surface area contributed by atoms with Gasteiger partial charge in [0.2, 0.25) is 0 Å². The van der Waals surface area contributed by atoms with Gasteiger partial charge in [0, 0.05) is 7.05 Å². The predicted octanol–water partition coefficient (Wildman–Crippen LogP) is 1.28. The van der Waals surface area contributed by atoms with Crippen molar-refractivity contribution in [2.24, 2.45) is 0 Å². The molecule has 0 bridgehead atoms. The molecular formula is C7H11NO. The highest BCUT2D eigenvalue weighted by atomic mass is 16.3. The highest BCUT2D eigenvalue weighted by molar-refractivity contribution is 5.16. The van der Waals surface area contributed by atoms with Gasteiger partial charge in [0.1, 0.15) is 5.76 Å². The van der Waals surface area contributed by atoms with E-state index < -0.39 is 0 Å². The van der Waals surface area contributed by atoms with E-state index in [1.54, 1.807) is 6.08 Å². The van der Waals surface area contributed by atoms with Crippen molar-refractivity contribution in [2.45, 2.75) is 13.0 Å². The molecule has 0 aromatic rings. The van der Waals surface area contributed by atoms with Gasteiger partial charge >= 0.3 is 0 Å². The Morgan fingerprint density at radius 2 is 2.33 bits per heavy atom. The van der Waals surface area contributed by atoms with E-state index in [2.05, 4.69) is 0 Å². The molecule has 9 heavy (non-hydrogen) atoms. The zero-order chi connectivity index (χ0) is 6.85. The Morgan fingerprint density at radius 3 is 2.78 bits per heavy atom. The Hall–Kier alpha value is -0.920. The van der Waals surface area contributed by atoms with Crippen molar-refractivity contribution in [1.29, 1.82) is 0 Å². The molecule has 1 heterocycles. The van der Waals surface area contributed by atoms with Gasteiger partial charge in [-0.25, -0.2) is 0 Å². The van der Waals surface area contributed by atoms with Crippen molar-refractivity contribution in [3.63, 3.8) is 0 Å². The van der Waals surface area contributed by atoms with Gasteiger partial charge in [-0.3, -0.25) is 0 Å². The van der Waals surface area contributed by atoms with Crippen molar-refractivity contribution in [3.8, 4) is 0 Å². The quantitative estimate of drug-likeness (QED) is 0.527. The number of hydrogen-bond acceptors (Lipinski definition) is 2. The molecule has 0 radical (unpaired) electrons. The van der Waals surface area contributed by atoms with Gasteiger partial charge in [-0.05, 0) is 25.3 Å². The zero-order valence-corrected chi connectivity index (χ0v) is 5.70. The largest absolute Gasteiger partial charge is 0.510 e. The summed E-state index contributed by atoms with van der Waals surface area (Å²) in [6.45, 7) is 1.95. The first-order chi connectivity index (χ1) is 4.22. The number of aliphatic hydroxyl groups is 1. The first kappa shape index (κ1) is 6.20.